The molecular formula is C26H38N6O4S. The molecule has 0 bridgehead atoms. The van der Waals surface area contributed by atoms with Crippen LogP contribution in [-0.2, 0) is 10.0 Å². The van der Waals surface area contributed by atoms with Gasteiger partial charge in [0.15, 0.2) is 0 Å². The third-order valence-corrected chi connectivity index (χ3v) is 9.94. The number of unbranched alkanes of at least 4 members (excludes halogenated alkanes) is 1. The summed E-state index contributed by atoms with van der Waals surface area (Å²) in [6.45, 7) is 4.68. The van der Waals surface area contributed by atoms with Gasteiger partial charge in [-0.3, -0.25) is 9.52 Å². The van der Waals surface area contributed by atoms with Crippen molar-refractivity contribution in [2.24, 2.45) is 17.1 Å². The summed E-state index contributed by atoms with van der Waals surface area (Å²) < 4.78 is 27.0. The Morgan fingerprint density at radius 3 is 2.68 bits per heavy atom. The number of nitrogens with two attached hydrogens (primary N) is 1. The second-order valence-electron chi connectivity index (χ2n) is 10.8. The smallest absolute Gasteiger partial charge is 0.258 e. The summed E-state index contributed by atoms with van der Waals surface area (Å²) in [6.07, 6.45) is 9.61. The van der Waals surface area contributed by atoms with E-state index in [1.54, 1.807) is 30.5 Å². The highest BCUT2D eigenvalue weighted by Crippen LogP contribution is 2.58. The van der Waals surface area contributed by atoms with Gasteiger partial charge in [0.25, 0.3) is 5.91 Å². The van der Waals surface area contributed by atoms with E-state index in [1.165, 1.54) is 33.0 Å². The molecule has 1 amide bonds. The van der Waals surface area contributed by atoms with Crippen molar-refractivity contribution in [3.05, 3.63) is 42.4 Å². The molecule has 1 saturated heterocycles. The monoisotopic (exact) mass is 530 g/mol. The number of hydrogen-bond donors (Lipinski definition) is 4. The second-order valence-corrected chi connectivity index (χ2v) is 13.2. The molecular weight excluding hydrogens is 492 g/mol. The van der Waals surface area contributed by atoms with E-state index < -0.39 is 21.4 Å². The van der Waals surface area contributed by atoms with Crippen molar-refractivity contribution in [3.63, 3.8) is 0 Å². The standard InChI is InChI=1S/C26H38N6O4S/c1-25(2,17-33)37(35,36)31-20-6-7-21(24(34)30-23-8-13-28-18-29-23)22(15-20)32-14-11-26(9-10-26)19(16-32)5-3-4-12-27/h6-8,13,15,18-19,31,33H,3-5,9-12,14,16-17,27H2,1-2H3,(H,28,29,30,34)/t19-/m0/s1. The molecule has 0 unspecified atom stereocenters. The normalized spacial score (nSPS) is 19.0. The van der Waals surface area contributed by atoms with Gasteiger partial charge >= 0.3 is 0 Å². The van der Waals surface area contributed by atoms with Crippen LogP contribution in [0.25, 0.3) is 0 Å². The molecule has 5 N–H and O–H groups in total. The lowest BCUT2D eigenvalue weighted by atomic mass is 9.79. The molecule has 11 heteroatoms. The molecule has 2 aliphatic rings. The number of benzene rings is 1. The first-order valence-electron chi connectivity index (χ1n) is 12.9. The zero-order valence-corrected chi connectivity index (χ0v) is 22.4. The van der Waals surface area contributed by atoms with Crippen LogP contribution < -0.4 is 20.7 Å². The van der Waals surface area contributed by atoms with Gasteiger partial charge in [-0.15, -0.1) is 0 Å². The van der Waals surface area contributed by atoms with E-state index in [2.05, 4.69) is 24.9 Å². The fraction of sp³-hybridized carbons (Fsp3) is 0.577. The number of aliphatic hydroxyl groups is 1. The number of carbonyl (C=O) groups excluding carboxylic acids is 1. The maximum atomic E-state index is 13.3. The average molecular weight is 531 g/mol. The van der Waals surface area contributed by atoms with Gasteiger partial charge in [0.2, 0.25) is 10.0 Å². The van der Waals surface area contributed by atoms with E-state index in [-0.39, 0.29) is 5.91 Å². The van der Waals surface area contributed by atoms with E-state index >= 15 is 0 Å². The topological polar surface area (TPSA) is 151 Å². The molecule has 4 rings (SSSR count). The molecule has 202 valence electrons. The lowest BCUT2D eigenvalue weighted by Crippen LogP contribution is -2.42. The zero-order valence-electron chi connectivity index (χ0n) is 21.6. The lowest BCUT2D eigenvalue weighted by molar-refractivity contribution is 0.102. The lowest BCUT2D eigenvalue weighted by Gasteiger charge is -2.41. The molecule has 2 fully saturated rings. The third-order valence-electron chi connectivity index (χ3n) is 7.85. The molecule has 2 heterocycles. The molecule has 1 spiro atoms. The van der Waals surface area contributed by atoms with Gasteiger partial charge in [0.1, 0.15) is 16.9 Å². The van der Waals surface area contributed by atoms with Crippen molar-refractivity contribution < 1.29 is 18.3 Å². The Labute approximate surface area is 219 Å². The van der Waals surface area contributed by atoms with E-state index in [9.17, 15) is 18.3 Å². The van der Waals surface area contributed by atoms with Crippen molar-refractivity contribution >= 4 is 33.1 Å². The predicted octanol–water partition coefficient (Wildman–Crippen LogP) is 2.98. The molecule has 1 atom stereocenters. The number of nitrogens with one attached hydrogen (secondary N) is 2. The van der Waals surface area contributed by atoms with Crippen molar-refractivity contribution in [1.82, 2.24) is 9.97 Å². The van der Waals surface area contributed by atoms with E-state index in [0.29, 0.717) is 40.6 Å². The molecule has 10 nitrogen and oxygen atoms in total. The SMILES string of the molecule is CC(C)(CO)S(=O)(=O)Nc1ccc(C(=O)Nc2ccncn2)c(N2CCC3(CC3)[C@@H](CCCCN)C2)c1. The summed E-state index contributed by atoms with van der Waals surface area (Å²) in [5, 5.41) is 12.4. The number of hydrogen-bond acceptors (Lipinski definition) is 8. The number of sulfonamides is 1. The van der Waals surface area contributed by atoms with E-state index in [1.807, 2.05) is 0 Å². The number of aliphatic hydroxyl groups excluding tert-OH is 1. The molecule has 0 radical (unpaired) electrons. The minimum Gasteiger partial charge on any atom is -0.395 e. The van der Waals surface area contributed by atoms with E-state index in [4.69, 9.17) is 5.73 Å². The molecule has 1 saturated carbocycles. The van der Waals surface area contributed by atoms with Gasteiger partial charge in [-0.1, -0.05) is 6.42 Å². The first-order valence-corrected chi connectivity index (χ1v) is 14.4. The van der Waals surface area contributed by atoms with Gasteiger partial charge in [-0.25, -0.2) is 18.4 Å². The van der Waals surface area contributed by atoms with Crippen molar-refractivity contribution in [3.8, 4) is 0 Å². The van der Waals surface area contributed by atoms with Gasteiger partial charge in [-0.05, 0) is 88.1 Å². The van der Waals surface area contributed by atoms with Crippen LogP contribution in [-0.4, -0.2) is 60.4 Å². The summed E-state index contributed by atoms with van der Waals surface area (Å²) in [4.78, 5) is 23.5. The van der Waals surface area contributed by atoms with Crippen molar-refractivity contribution in [2.45, 2.75) is 57.1 Å². The molecule has 2 aromatic rings. The largest absolute Gasteiger partial charge is 0.395 e. The number of carbonyl (C=O) groups is 1. The average Bonchev–Trinajstić information content (AvgIpc) is 3.65. The number of nitrogens with zero attached hydrogens (tertiary/aromatic N) is 3. The molecule has 37 heavy (non-hydrogen) atoms. The Bertz CT molecular complexity index is 1200. The number of rotatable bonds is 11. The molecule has 1 aliphatic carbocycles. The fourth-order valence-corrected chi connectivity index (χ4v) is 5.94. The Morgan fingerprint density at radius 2 is 2.03 bits per heavy atom. The highest BCUT2D eigenvalue weighted by Gasteiger charge is 2.51. The number of piperidine rings is 1. The van der Waals surface area contributed by atoms with Crippen LogP contribution in [0.5, 0.6) is 0 Å². The van der Waals surface area contributed by atoms with E-state index in [0.717, 1.165) is 38.8 Å². The molecule has 1 aromatic carbocycles. The summed E-state index contributed by atoms with van der Waals surface area (Å²) in [5.41, 5.74) is 7.58. The highest BCUT2D eigenvalue weighted by molar-refractivity contribution is 7.94. The maximum absolute atomic E-state index is 13.3. The zero-order chi connectivity index (χ0) is 26.7. The van der Waals surface area contributed by atoms with Crippen molar-refractivity contribution in [2.75, 3.05) is 41.2 Å². The molecule has 1 aliphatic heterocycles. The first kappa shape index (κ1) is 27.3. The summed E-state index contributed by atoms with van der Waals surface area (Å²) in [6, 6.07) is 6.55. The summed E-state index contributed by atoms with van der Waals surface area (Å²) in [7, 11) is -3.87. The molecule has 1 aromatic heterocycles. The van der Waals surface area contributed by atoms with Crippen LogP contribution in [0.1, 0.15) is 62.7 Å². The summed E-state index contributed by atoms with van der Waals surface area (Å²) in [5.74, 6) is 0.556. The highest BCUT2D eigenvalue weighted by atomic mass is 32.2. The fourth-order valence-electron chi connectivity index (χ4n) is 5.06. The van der Waals surface area contributed by atoms with Crippen LogP contribution in [0, 0.1) is 11.3 Å². The predicted molar refractivity (Wildman–Crippen MR) is 145 cm³/mol. The number of amides is 1. The Balaban J connectivity index is 1.65. The van der Waals surface area contributed by atoms with Gasteiger partial charge < -0.3 is 21.1 Å². The first-order chi connectivity index (χ1) is 17.6. The van der Waals surface area contributed by atoms with Gasteiger partial charge in [0.05, 0.1) is 23.5 Å². The Kier molecular flexibility index (Phi) is 8.05. The third kappa shape index (κ3) is 6.05. The second kappa shape index (κ2) is 10.9. The minimum atomic E-state index is -3.87. The van der Waals surface area contributed by atoms with Crippen LogP contribution in [0.2, 0.25) is 0 Å². The number of aromatic nitrogens is 2. The van der Waals surface area contributed by atoms with Crippen LogP contribution in [0.15, 0.2) is 36.8 Å². The van der Waals surface area contributed by atoms with Gasteiger partial charge in [0, 0.05) is 19.3 Å². The number of anilines is 3. The quantitative estimate of drug-likeness (QED) is 0.324. The maximum Gasteiger partial charge on any atom is 0.258 e. The van der Waals surface area contributed by atoms with Crippen LogP contribution in [0.4, 0.5) is 17.2 Å². The van der Waals surface area contributed by atoms with Gasteiger partial charge in [-0.2, -0.15) is 0 Å². The van der Waals surface area contributed by atoms with Crippen LogP contribution in [0.3, 0.4) is 0 Å². The van der Waals surface area contributed by atoms with Crippen LogP contribution >= 0.6 is 0 Å². The Hall–Kier alpha value is -2.76. The summed E-state index contributed by atoms with van der Waals surface area (Å²) >= 11 is 0. The van der Waals surface area contributed by atoms with Crippen molar-refractivity contribution in [1.29, 1.82) is 0 Å². The Morgan fingerprint density at radius 1 is 1.24 bits per heavy atom. The minimum absolute atomic E-state index is 0.329.